The molecule has 1 aromatic carbocycles. The maximum atomic E-state index is 13.8. The van der Waals surface area contributed by atoms with Gasteiger partial charge in [-0.2, -0.15) is 4.98 Å². The number of hydrogen-bond donors (Lipinski definition) is 0. The van der Waals surface area contributed by atoms with Gasteiger partial charge in [0.25, 0.3) is 5.89 Å². The van der Waals surface area contributed by atoms with E-state index in [0.717, 1.165) is 18.9 Å². The van der Waals surface area contributed by atoms with E-state index in [1.54, 1.807) is 24.3 Å². The molecule has 2 aromatic heterocycles. The van der Waals surface area contributed by atoms with E-state index in [9.17, 15) is 4.39 Å². The van der Waals surface area contributed by atoms with E-state index in [2.05, 4.69) is 25.0 Å². The van der Waals surface area contributed by atoms with Crippen LogP contribution in [-0.4, -0.2) is 46.4 Å². The minimum Gasteiger partial charge on any atom is -0.378 e. The van der Waals surface area contributed by atoms with Gasteiger partial charge in [0, 0.05) is 19.2 Å². The second-order valence-corrected chi connectivity index (χ2v) is 5.26. The van der Waals surface area contributed by atoms with Crippen LogP contribution < -0.4 is 4.90 Å². The number of benzene rings is 1. The van der Waals surface area contributed by atoms with Crippen molar-refractivity contribution in [1.29, 1.82) is 0 Å². The van der Waals surface area contributed by atoms with Gasteiger partial charge < -0.3 is 14.2 Å². The van der Waals surface area contributed by atoms with Crippen molar-refractivity contribution in [1.82, 2.24) is 20.1 Å². The lowest BCUT2D eigenvalue weighted by Gasteiger charge is -2.27. The third-order valence-corrected chi connectivity index (χ3v) is 3.75. The molecule has 7 nitrogen and oxygen atoms in total. The number of hydrogen-bond acceptors (Lipinski definition) is 7. The smallest absolute Gasteiger partial charge is 0.277 e. The molecule has 8 heteroatoms. The predicted molar refractivity (Wildman–Crippen MR) is 83.8 cm³/mol. The Morgan fingerprint density at radius 3 is 2.75 bits per heavy atom. The number of aromatic nitrogens is 4. The lowest BCUT2D eigenvalue weighted by molar-refractivity contribution is 0.122. The second-order valence-electron chi connectivity index (χ2n) is 5.26. The second kappa shape index (κ2) is 6.32. The molecule has 0 aliphatic carbocycles. The SMILES string of the molecule is Fc1ccccc1-c1noc(-c2cc(N3CCOCC3)ncn2)n1. The Balaban J connectivity index is 1.64. The standard InChI is InChI=1S/C16H14FN5O2/c17-12-4-2-1-3-11(12)15-20-16(24-21-15)13-9-14(19-10-18-13)22-5-7-23-8-6-22/h1-4,9-10H,5-8H2. The summed E-state index contributed by atoms with van der Waals surface area (Å²) in [5, 5.41) is 3.85. The molecule has 1 fully saturated rings. The Morgan fingerprint density at radius 2 is 1.92 bits per heavy atom. The summed E-state index contributed by atoms with van der Waals surface area (Å²) in [7, 11) is 0. The van der Waals surface area contributed by atoms with Gasteiger partial charge in [0.15, 0.2) is 0 Å². The first-order chi connectivity index (χ1) is 11.8. The van der Waals surface area contributed by atoms with Crippen LogP contribution in [0.25, 0.3) is 23.0 Å². The van der Waals surface area contributed by atoms with Crippen molar-refractivity contribution in [3.05, 3.63) is 42.5 Å². The third-order valence-electron chi connectivity index (χ3n) is 3.75. The molecule has 0 atom stereocenters. The summed E-state index contributed by atoms with van der Waals surface area (Å²) in [6.45, 7) is 2.86. The van der Waals surface area contributed by atoms with Gasteiger partial charge in [0.1, 0.15) is 23.7 Å². The monoisotopic (exact) mass is 327 g/mol. The molecule has 0 unspecified atom stereocenters. The van der Waals surface area contributed by atoms with Crippen molar-refractivity contribution in [2.75, 3.05) is 31.2 Å². The van der Waals surface area contributed by atoms with Gasteiger partial charge in [-0.15, -0.1) is 0 Å². The number of anilines is 1. The number of rotatable bonds is 3. The number of ether oxygens (including phenoxy) is 1. The Kier molecular flexibility index (Phi) is 3.87. The number of morpholine rings is 1. The number of nitrogens with zero attached hydrogens (tertiary/aromatic N) is 5. The lowest BCUT2D eigenvalue weighted by Crippen LogP contribution is -2.36. The predicted octanol–water partition coefficient (Wildman–Crippen LogP) is 2.17. The van der Waals surface area contributed by atoms with Gasteiger partial charge in [-0.3, -0.25) is 0 Å². The maximum Gasteiger partial charge on any atom is 0.277 e. The molecule has 3 aromatic rings. The fraction of sp³-hybridized carbons (Fsp3) is 0.250. The minimum absolute atomic E-state index is 0.189. The van der Waals surface area contributed by atoms with E-state index in [0.29, 0.717) is 18.9 Å². The van der Waals surface area contributed by atoms with Crippen molar-refractivity contribution in [3.8, 4) is 23.0 Å². The highest BCUT2D eigenvalue weighted by Crippen LogP contribution is 2.24. The first-order valence-corrected chi connectivity index (χ1v) is 7.55. The molecule has 1 aliphatic heterocycles. The van der Waals surface area contributed by atoms with Crippen LogP contribution in [0.2, 0.25) is 0 Å². The maximum absolute atomic E-state index is 13.8. The highest BCUT2D eigenvalue weighted by molar-refractivity contribution is 5.60. The average Bonchev–Trinajstić information content (AvgIpc) is 3.13. The summed E-state index contributed by atoms with van der Waals surface area (Å²) >= 11 is 0. The van der Waals surface area contributed by atoms with Crippen LogP contribution >= 0.6 is 0 Å². The van der Waals surface area contributed by atoms with E-state index < -0.39 is 5.82 Å². The summed E-state index contributed by atoms with van der Waals surface area (Å²) in [4.78, 5) is 14.8. The average molecular weight is 327 g/mol. The molecule has 3 heterocycles. The molecule has 0 N–H and O–H groups in total. The van der Waals surface area contributed by atoms with Gasteiger partial charge in [-0.1, -0.05) is 17.3 Å². The molecular formula is C16H14FN5O2. The Bertz CT molecular complexity index is 848. The molecule has 0 radical (unpaired) electrons. The van der Waals surface area contributed by atoms with Gasteiger partial charge >= 0.3 is 0 Å². The zero-order chi connectivity index (χ0) is 16.4. The summed E-state index contributed by atoms with van der Waals surface area (Å²) in [6, 6.07) is 8.06. The van der Waals surface area contributed by atoms with Gasteiger partial charge in [0.05, 0.1) is 18.8 Å². The highest BCUT2D eigenvalue weighted by Gasteiger charge is 2.17. The zero-order valence-corrected chi connectivity index (χ0v) is 12.7. The first-order valence-electron chi connectivity index (χ1n) is 7.55. The minimum atomic E-state index is -0.401. The third kappa shape index (κ3) is 2.83. The fourth-order valence-electron chi connectivity index (χ4n) is 2.51. The molecule has 0 spiro atoms. The zero-order valence-electron chi connectivity index (χ0n) is 12.7. The largest absolute Gasteiger partial charge is 0.378 e. The molecule has 24 heavy (non-hydrogen) atoms. The Hall–Kier alpha value is -2.87. The topological polar surface area (TPSA) is 77.2 Å². The Morgan fingerprint density at radius 1 is 1.08 bits per heavy atom. The molecule has 122 valence electrons. The van der Waals surface area contributed by atoms with Crippen LogP contribution in [0.1, 0.15) is 0 Å². The van der Waals surface area contributed by atoms with E-state index in [-0.39, 0.29) is 17.3 Å². The van der Waals surface area contributed by atoms with E-state index in [4.69, 9.17) is 9.26 Å². The van der Waals surface area contributed by atoms with Crippen LogP contribution in [0.15, 0.2) is 41.2 Å². The molecule has 1 saturated heterocycles. The van der Waals surface area contributed by atoms with Crippen LogP contribution in [0.3, 0.4) is 0 Å². The Labute approximate surface area is 137 Å². The molecular weight excluding hydrogens is 313 g/mol. The van der Waals surface area contributed by atoms with E-state index in [1.807, 2.05) is 0 Å². The lowest BCUT2D eigenvalue weighted by atomic mass is 10.2. The summed E-state index contributed by atoms with van der Waals surface area (Å²) in [5.41, 5.74) is 0.788. The fourth-order valence-corrected chi connectivity index (χ4v) is 2.51. The molecule has 0 amide bonds. The van der Waals surface area contributed by atoms with Crippen molar-refractivity contribution < 1.29 is 13.7 Å². The van der Waals surface area contributed by atoms with Gasteiger partial charge in [0.2, 0.25) is 5.82 Å². The van der Waals surface area contributed by atoms with E-state index in [1.165, 1.54) is 12.4 Å². The quantitative estimate of drug-likeness (QED) is 0.729. The van der Waals surface area contributed by atoms with Crippen molar-refractivity contribution in [2.45, 2.75) is 0 Å². The molecule has 1 aliphatic rings. The van der Waals surface area contributed by atoms with Crippen LogP contribution in [0.5, 0.6) is 0 Å². The normalized spacial score (nSPS) is 14.8. The van der Waals surface area contributed by atoms with Crippen LogP contribution in [0, 0.1) is 5.82 Å². The van der Waals surface area contributed by atoms with Gasteiger partial charge in [-0.05, 0) is 12.1 Å². The molecule has 4 rings (SSSR count). The highest BCUT2D eigenvalue weighted by atomic mass is 19.1. The summed E-state index contributed by atoms with van der Waals surface area (Å²) < 4.78 is 24.4. The van der Waals surface area contributed by atoms with E-state index >= 15 is 0 Å². The van der Waals surface area contributed by atoms with Crippen LogP contribution in [0.4, 0.5) is 10.2 Å². The molecule has 0 bridgehead atoms. The first kappa shape index (κ1) is 14.7. The van der Waals surface area contributed by atoms with Crippen LogP contribution in [-0.2, 0) is 4.74 Å². The summed E-state index contributed by atoms with van der Waals surface area (Å²) in [6.07, 6.45) is 1.45. The van der Waals surface area contributed by atoms with Crippen molar-refractivity contribution in [3.63, 3.8) is 0 Å². The number of halogens is 1. The van der Waals surface area contributed by atoms with Crippen molar-refractivity contribution in [2.24, 2.45) is 0 Å². The molecule has 0 saturated carbocycles. The van der Waals surface area contributed by atoms with Crippen molar-refractivity contribution >= 4 is 5.82 Å². The van der Waals surface area contributed by atoms with Gasteiger partial charge in [-0.25, -0.2) is 14.4 Å². The summed E-state index contributed by atoms with van der Waals surface area (Å²) in [5.74, 6) is 0.787.